The van der Waals surface area contributed by atoms with E-state index in [4.69, 9.17) is 4.74 Å². The molecule has 0 atom stereocenters. The maximum atomic E-state index is 12.6. The molecule has 0 unspecified atom stereocenters. The van der Waals surface area contributed by atoms with Crippen LogP contribution in [0.4, 0.5) is 16.2 Å². The fraction of sp³-hybridized carbons (Fsp3) is 0.227. The molecule has 3 amide bonds. The van der Waals surface area contributed by atoms with E-state index in [9.17, 15) is 9.59 Å². The molecule has 0 fully saturated rings. The Bertz CT molecular complexity index is 969. The first-order valence-corrected chi connectivity index (χ1v) is 9.68. The Morgan fingerprint density at radius 2 is 1.83 bits per heavy atom. The third kappa shape index (κ3) is 6.10. The summed E-state index contributed by atoms with van der Waals surface area (Å²) in [6, 6.07) is 13.7. The van der Waals surface area contributed by atoms with E-state index < -0.39 is 0 Å². The molecule has 0 saturated carbocycles. The summed E-state index contributed by atoms with van der Waals surface area (Å²) < 4.78 is 7.74. The van der Waals surface area contributed by atoms with Crippen molar-refractivity contribution in [2.45, 2.75) is 26.4 Å². The molecule has 0 radical (unpaired) electrons. The number of imidazole rings is 1. The van der Waals surface area contributed by atoms with Crippen LogP contribution in [0, 0.1) is 0 Å². The second-order valence-corrected chi connectivity index (χ2v) is 6.93. The first kappa shape index (κ1) is 20.9. The van der Waals surface area contributed by atoms with E-state index in [0.29, 0.717) is 35.8 Å². The maximum Gasteiger partial charge on any atom is 0.319 e. The summed E-state index contributed by atoms with van der Waals surface area (Å²) in [7, 11) is 0. The molecular weight excluding hydrogens is 382 g/mol. The van der Waals surface area contributed by atoms with Gasteiger partial charge in [-0.05, 0) is 50.2 Å². The van der Waals surface area contributed by atoms with Crippen molar-refractivity contribution in [3.05, 3.63) is 72.8 Å². The minimum atomic E-state index is -0.288. The molecule has 0 spiro atoms. The van der Waals surface area contributed by atoms with Crippen molar-refractivity contribution in [2.75, 3.05) is 17.2 Å². The van der Waals surface area contributed by atoms with E-state index in [-0.39, 0.29) is 18.0 Å². The lowest BCUT2D eigenvalue weighted by molar-refractivity contribution is 0.102. The van der Waals surface area contributed by atoms with Crippen LogP contribution in [-0.4, -0.2) is 34.1 Å². The van der Waals surface area contributed by atoms with Gasteiger partial charge in [0.1, 0.15) is 12.4 Å². The first-order valence-electron chi connectivity index (χ1n) is 9.68. The van der Waals surface area contributed by atoms with Gasteiger partial charge in [-0.25, -0.2) is 9.78 Å². The zero-order valence-electron chi connectivity index (χ0n) is 17.0. The number of carbonyl (C=O) groups is 2. The molecule has 30 heavy (non-hydrogen) atoms. The van der Waals surface area contributed by atoms with Crippen molar-refractivity contribution in [3.8, 4) is 5.75 Å². The Morgan fingerprint density at radius 3 is 2.53 bits per heavy atom. The molecule has 3 rings (SSSR count). The molecule has 0 aliphatic heterocycles. The lowest BCUT2D eigenvalue weighted by atomic mass is 10.2. The van der Waals surface area contributed by atoms with Gasteiger partial charge in [-0.2, -0.15) is 0 Å². The van der Waals surface area contributed by atoms with Crippen LogP contribution in [0.2, 0.25) is 0 Å². The second-order valence-electron chi connectivity index (χ2n) is 6.93. The van der Waals surface area contributed by atoms with Crippen LogP contribution in [0.1, 0.15) is 24.2 Å². The van der Waals surface area contributed by atoms with Crippen LogP contribution in [0.25, 0.3) is 0 Å². The predicted molar refractivity (Wildman–Crippen MR) is 116 cm³/mol. The van der Waals surface area contributed by atoms with Crippen molar-refractivity contribution in [1.82, 2.24) is 14.9 Å². The summed E-state index contributed by atoms with van der Waals surface area (Å²) in [5, 5.41) is 8.34. The number of nitrogens with zero attached hydrogens (tertiary/aromatic N) is 2. The Hall–Kier alpha value is -3.81. The molecule has 2 aromatic carbocycles. The van der Waals surface area contributed by atoms with Crippen LogP contribution in [-0.2, 0) is 6.54 Å². The Balaban J connectivity index is 1.58. The number of urea groups is 1. The molecule has 1 heterocycles. The van der Waals surface area contributed by atoms with Crippen molar-refractivity contribution < 1.29 is 14.3 Å². The molecule has 0 aliphatic carbocycles. The summed E-state index contributed by atoms with van der Waals surface area (Å²) in [4.78, 5) is 28.4. The van der Waals surface area contributed by atoms with Gasteiger partial charge in [-0.1, -0.05) is 12.1 Å². The fourth-order valence-corrected chi connectivity index (χ4v) is 2.70. The number of hydrogen-bond acceptors (Lipinski definition) is 4. The van der Waals surface area contributed by atoms with E-state index in [1.807, 2.05) is 42.8 Å². The number of ether oxygens (including phenoxy) is 1. The SMILES string of the molecule is CC(C)NC(=O)Nc1ccc(C(=O)Nc2ccccc2OCCn2ccnc2)cc1. The highest BCUT2D eigenvalue weighted by atomic mass is 16.5. The number of benzene rings is 2. The topological polar surface area (TPSA) is 97.3 Å². The molecule has 0 saturated heterocycles. The summed E-state index contributed by atoms with van der Waals surface area (Å²) in [5.74, 6) is 0.327. The van der Waals surface area contributed by atoms with Crippen LogP contribution in [0.3, 0.4) is 0 Å². The first-order chi connectivity index (χ1) is 14.5. The average Bonchev–Trinajstić information content (AvgIpc) is 3.22. The summed E-state index contributed by atoms with van der Waals surface area (Å²) >= 11 is 0. The lowest BCUT2D eigenvalue weighted by Gasteiger charge is -2.13. The van der Waals surface area contributed by atoms with E-state index in [1.54, 1.807) is 42.9 Å². The maximum absolute atomic E-state index is 12.6. The van der Waals surface area contributed by atoms with Gasteiger partial charge in [-0.15, -0.1) is 0 Å². The van der Waals surface area contributed by atoms with Gasteiger partial charge in [-0.3, -0.25) is 4.79 Å². The van der Waals surface area contributed by atoms with Crippen LogP contribution < -0.4 is 20.7 Å². The average molecular weight is 407 g/mol. The largest absolute Gasteiger partial charge is 0.490 e. The highest BCUT2D eigenvalue weighted by Crippen LogP contribution is 2.24. The fourth-order valence-electron chi connectivity index (χ4n) is 2.70. The molecule has 1 aromatic heterocycles. The minimum Gasteiger partial charge on any atom is -0.490 e. The predicted octanol–water partition coefficient (Wildman–Crippen LogP) is 3.74. The summed E-state index contributed by atoms with van der Waals surface area (Å²) in [6.07, 6.45) is 5.30. The number of nitrogens with one attached hydrogen (secondary N) is 3. The van der Waals surface area contributed by atoms with E-state index in [2.05, 4.69) is 20.9 Å². The van der Waals surface area contributed by atoms with Gasteiger partial charge in [0.05, 0.1) is 18.6 Å². The van der Waals surface area contributed by atoms with Crippen molar-refractivity contribution in [1.29, 1.82) is 0 Å². The van der Waals surface area contributed by atoms with Gasteiger partial charge in [0.25, 0.3) is 5.91 Å². The zero-order valence-corrected chi connectivity index (χ0v) is 17.0. The third-order valence-corrected chi connectivity index (χ3v) is 4.13. The van der Waals surface area contributed by atoms with Crippen LogP contribution in [0.15, 0.2) is 67.3 Å². The normalized spacial score (nSPS) is 10.5. The molecular formula is C22H25N5O3. The molecule has 156 valence electrons. The number of aromatic nitrogens is 2. The van der Waals surface area contributed by atoms with Crippen molar-refractivity contribution in [2.24, 2.45) is 0 Å². The molecule has 3 aromatic rings. The molecule has 8 heteroatoms. The Kier molecular flexibility index (Phi) is 7.05. The van der Waals surface area contributed by atoms with E-state index in [1.165, 1.54) is 0 Å². The molecule has 3 N–H and O–H groups in total. The van der Waals surface area contributed by atoms with Gasteiger partial charge >= 0.3 is 6.03 Å². The molecule has 0 bridgehead atoms. The lowest BCUT2D eigenvalue weighted by Crippen LogP contribution is -2.34. The molecule has 8 nitrogen and oxygen atoms in total. The van der Waals surface area contributed by atoms with Crippen LogP contribution in [0.5, 0.6) is 5.75 Å². The summed E-state index contributed by atoms with van der Waals surface area (Å²) in [6.45, 7) is 4.86. The Labute approximate surface area is 175 Å². The quantitative estimate of drug-likeness (QED) is 0.530. The smallest absolute Gasteiger partial charge is 0.319 e. The van der Waals surface area contributed by atoms with Crippen molar-refractivity contribution in [3.63, 3.8) is 0 Å². The number of hydrogen-bond donors (Lipinski definition) is 3. The standard InChI is InChI=1S/C22H25N5O3/c1-16(2)24-22(29)25-18-9-7-17(8-10-18)21(28)26-19-5-3-4-6-20(19)30-14-13-27-12-11-23-15-27/h3-12,15-16H,13-14H2,1-2H3,(H,26,28)(H2,24,25,29). The van der Waals surface area contributed by atoms with E-state index >= 15 is 0 Å². The monoisotopic (exact) mass is 407 g/mol. The van der Waals surface area contributed by atoms with Gasteiger partial charge in [0.2, 0.25) is 0 Å². The van der Waals surface area contributed by atoms with Gasteiger partial charge in [0.15, 0.2) is 0 Å². The Morgan fingerprint density at radius 1 is 1.07 bits per heavy atom. The van der Waals surface area contributed by atoms with Crippen LogP contribution >= 0.6 is 0 Å². The number of para-hydroxylation sites is 2. The highest BCUT2D eigenvalue weighted by Gasteiger charge is 2.11. The van der Waals surface area contributed by atoms with Gasteiger partial charge in [0, 0.05) is 29.7 Å². The highest BCUT2D eigenvalue weighted by molar-refractivity contribution is 6.05. The number of anilines is 2. The van der Waals surface area contributed by atoms with E-state index in [0.717, 1.165) is 0 Å². The summed E-state index contributed by atoms with van der Waals surface area (Å²) in [5.41, 5.74) is 1.66. The number of rotatable bonds is 8. The van der Waals surface area contributed by atoms with Gasteiger partial charge < -0.3 is 25.3 Å². The zero-order chi connectivity index (χ0) is 21.3. The second kappa shape index (κ2) is 10.1. The number of amides is 3. The van der Waals surface area contributed by atoms with Crippen molar-refractivity contribution >= 4 is 23.3 Å². The third-order valence-electron chi connectivity index (χ3n) is 4.13. The minimum absolute atomic E-state index is 0.0392. The number of carbonyl (C=O) groups excluding carboxylic acids is 2. The molecule has 0 aliphatic rings.